The van der Waals surface area contributed by atoms with E-state index in [4.69, 9.17) is 19.3 Å². The largest absolute Gasteiger partial charge is 0.497 e. The summed E-state index contributed by atoms with van der Waals surface area (Å²) in [6.45, 7) is 1.64. The number of benzene rings is 1. The van der Waals surface area contributed by atoms with E-state index in [9.17, 15) is 24.9 Å². The van der Waals surface area contributed by atoms with Crippen LogP contribution in [0.25, 0.3) is 0 Å². The number of carbonyl (C=O) groups excluding carboxylic acids is 1. The van der Waals surface area contributed by atoms with Gasteiger partial charge in [0.15, 0.2) is 18.2 Å². The van der Waals surface area contributed by atoms with Crippen LogP contribution in [0.15, 0.2) is 24.3 Å². The van der Waals surface area contributed by atoms with Crippen molar-refractivity contribution in [2.45, 2.75) is 56.6 Å². The van der Waals surface area contributed by atoms with Gasteiger partial charge in [0.25, 0.3) is 0 Å². The highest BCUT2D eigenvalue weighted by Crippen LogP contribution is 2.25. The summed E-state index contributed by atoms with van der Waals surface area (Å²) >= 11 is 0. The number of aliphatic hydroxyl groups is 3. The summed E-state index contributed by atoms with van der Waals surface area (Å²) in [7, 11) is 1.53. The average molecular weight is 384 g/mol. The minimum atomic E-state index is -1.82. The summed E-state index contributed by atoms with van der Waals surface area (Å²) in [4.78, 5) is 23.4. The molecule has 9 nitrogen and oxygen atoms in total. The van der Waals surface area contributed by atoms with Gasteiger partial charge in [0.05, 0.1) is 7.11 Å². The van der Waals surface area contributed by atoms with Gasteiger partial charge in [-0.2, -0.15) is 0 Å². The number of carboxylic acid groups (broad SMARTS) is 1. The molecule has 0 aliphatic carbocycles. The van der Waals surface area contributed by atoms with Gasteiger partial charge in [-0.3, -0.25) is 4.79 Å². The Labute approximate surface area is 156 Å². The molecule has 0 radical (unpaired) electrons. The van der Waals surface area contributed by atoms with Crippen molar-refractivity contribution in [2.24, 2.45) is 0 Å². The molecule has 6 unspecified atom stereocenters. The lowest BCUT2D eigenvalue weighted by molar-refractivity contribution is -0.301. The molecule has 0 saturated carbocycles. The van der Waals surface area contributed by atoms with Crippen molar-refractivity contribution in [3.8, 4) is 5.75 Å². The highest BCUT2D eigenvalue weighted by molar-refractivity contribution is 5.83. The Kier molecular flexibility index (Phi) is 7.28. The molecule has 1 heterocycles. The first-order valence-corrected chi connectivity index (χ1v) is 8.52. The third-order valence-corrected chi connectivity index (χ3v) is 4.40. The number of aliphatic carboxylic acids is 1. The Bertz CT molecular complexity index is 645. The first kappa shape index (κ1) is 21.3. The van der Waals surface area contributed by atoms with Crippen molar-refractivity contribution in [3.05, 3.63) is 29.8 Å². The van der Waals surface area contributed by atoms with Crippen LogP contribution in [0.4, 0.5) is 0 Å². The number of ketones is 1. The number of rotatable bonds is 8. The summed E-state index contributed by atoms with van der Waals surface area (Å²) in [6, 6.07) is 6.93. The maximum Gasteiger partial charge on any atom is 0.335 e. The van der Waals surface area contributed by atoms with E-state index in [0.29, 0.717) is 5.75 Å². The lowest BCUT2D eigenvalue weighted by Crippen LogP contribution is -2.61. The maximum atomic E-state index is 12.3. The lowest BCUT2D eigenvalue weighted by atomic mass is 9.98. The number of aliphatic hydroxyl groups excluding tert-OH is 3. The van der Waals surface area contributed by atoms with Crippen molar-refractivity contribution in [1.82, 2.24) is 0 Å². The second-order valence-corrected chi connectivity index (χ2v) is 6.23. The van der Waals surface area contributed by atoms with E-state index >= 15 is 0 Å². The SMILES string of the molecule is CCC(=O)C(Cc1ccc(OC)cc1)OC1OC(C(=O)O)C(O)C(O)C1O. The van der Waals surface area contributed by atoms with Crippen LogP contribution < -0.4 is 4.74 Å². The van der Waals surface area contributed by atoms with Gasteiger partial charge in [-0.25, -0.2) is 4.79 Å². The number of Topliss-reactive ketones (excluding diaryl/α,β-unsaturated/α-hetero) is 1. The van der Waals surface area contributed by atoms with Crippen molar-refractivity contribution in [1.29, 1.82) is 0 Å². The van der Waals surface area contributed by atoms with Crippen LogP contribution >= 0.6 is 0 Å². The summed E-state index contributed by atoms with van der Waals surface area (Å²) < 4.78 is 15.7. The maximum absolute atomic E-state index is 12.3. The van der Waals surface area contributed by atoms with Gasteiger partial charge in [0.2, 0.25) is 0 Å². The van der Waals surface area contributed by atoms with Crippen LogP contribution in [-0.4, -0.2) is 76.1 Å². The molecule has 1 saturated heterocycles. The molecular formula is C18H24O9. The van der Waals surface area contributed by atoms with Crippen molar-refractivity contribution >= 4 is 11.8 Å². The molecule has 1 aromatic rings. The van der Waals surface area contributed by atoms with E-state index in [1.54, 1.807) is 31.2 Å². The van der Waals surface area contributed by atoms with E-state index < -0.39 is 42.8 Å². The number of carboxylic acids is 1. The van der Waals surface area contributed by atoms with Crippen LogP contribution in [0.3, 0.4) is 0 Å². The quantitative estimate of drug-likeness (QED) is 0.466. The number of hydrogen-bond acceptors (Lipinski definition) is 8. The summed E-state index contributed by atoms with van der Waals surface area (Å²) in [5, 5.41) is 38.7. The fourth-order valence-electron chi connectivity index (χ4n) is 2.77. The molecule has 2 rings (SSSR count). The second-order valence-electron chi connectivity index (χ2n) is 6.23. The molecule has 1 aromatic carbocycles. The van der Waals surface area contributed by atoms with Crippen molar-refractivity contribution < 1.29 is 44.2 Å². The molecule has 1 aliphatic rings. The smallest absolute Gasteiger partial charge is 0.335 e. The van der Waals surface area contributed by atoms with Gasteiger partial charge in [-0.05, 0) is 17.7 Å². The normalized spacial score (nSPS) is 29.1. The predicted molar refractivity (Wildman–Crippen MR) is 91.2 cm³/mol. The van der Waals surface area contributed by atoms with Gasteiger partial charge >= 0.3 is 5.97 Å². The second kappa shape index (κ2) is 9.25. The minimum absolute atomic E-state index is 0.150. The summed E-state index contributed by atoms with van der Waals surface area (Å²) in [5.41, 5.74) is 0.753. The molecule has 0 aromatic heterocycles. The number of ether oxygens (including phenoxy) is 3. The number of methoxy groups -OCH3 is 1. The number of carbonyl (C=O) groups is 2. The third-order valence-electron chi connectivity index (χ3n) is 4.40. The standard InChI is InChI=1S/C18H24O9/c1-3-11(19)12(8-9-4-6-10(25-2)7-5-9)26-18-15(22)13(20)14(21)16(27-18)17(23)24/h4-7,12-16,18,20-22H,3,8H2,1-2H3,(H,23,24). The van der Waals surface area contributed by atoms with Crippen molar-refractivity contribution in [2.75, 3.05) is 7.11 Å². The molecule has 1 fully saturated rings. The Morgan fingerprint density at radius 3 is 2.26 bits per heavy atom. The van der Waals surface area contributed by atoms with E-state index in [-0.39, 0.29) is 18.6 Å². The highest BCUT2D eigenvalue weighted by Gasteiger charge is 2.48. The van der Waals surface area contributed by atoms with Gasteiger partial charge in [0.1, 0.15) is 30.2 Å². The Balaban J connectivity index is 2.16. The molecule has 27 heavy (non-hydrogen) atoms. The zero-order chi connectivity index (χ0) is 20.1. The lowest BCUT2D eigenvalue weighted by Gasteiger charge is -2.39. The van der Waals surface area contributed by atoms with Gasteiger partial charge in [-0.15, -0.1) is 0 Å². The summed E-state index contributed by atoms with van der Waals surface area (Å²) in [5.74, 6) is -1.16. The van der Waals surface area contributed by atoms with Crippen LogP contribution in [0.2, 0.25) is 0 Å². The average Bonchev–Trinajstić information content (AvgIpc) is 2.67. The topological polar surface area (TPSA) is 143 Å². The zero-order valence-electron chi connectivity index (χ0n) is 15.0. The van der Waals surface area contributed by atoms with E-state index in [0.717, 1.165) is 5.56 Å². The molecular weight excluding hydrogens is 360 g/mol. The monoisotopic (exact) mass is 384 g/mol. The van der Waals surface area contributed by atoms with Gasteiger partial charge in [-0.1, -0.05) is 19.1 Å². The fourth-order valence-corrected chi connectivity index (χ4v) is 2.77. The zero-order valence-corrected chi connectivity index (χ0v) is 15.0. The molecule has 1 aliphatic heterocycles. The van der Waals surface area contributed by atoms with E-state index in [1.807, 2.05) is 0 Å². The molecule has 0 spiro atoms. The predicted octanol–water partition coefficient (Wildman–Crippen LogP) is -0.506. The van der Waals surface area contributed by atoms with Gasteiger partial charge < -0.3 is 34.6 Å². The van der Waals surface area contributed by atoms with Crippen molar-refractivity contribution in [3.63, 3.8) is 0 Å². The molecule has 0 bridgehead atoms. The first-order valence-electron chi connectivity index (χ1n) is 8.52. The highest BCUT2D eigenvalue weighted by atomic mass is 16.7. The molecule has 4 N–H and O–H groups in total. The van der Waals surface area contributed by atoms with Crippen LogP contribution in [0.1, 0.15) is 18.9 Å². The van der Waals surface area contributed by atoms with Gasteiger partial charge in [0, 0.05) is 12.8 Å². The molecule has 9 heteroatoms. The molecule has 6 atom stereocenters. The van der Waals surface area contributed by atoms with E-state index in [1.165, 1.54) is 7.11 Å². The molecule has 150 valence electrons. The minimum Gasteiger partial charge on any atom is -0.497 e. The molecule has 0 amide bonds. The van der Waals surface area contributed by atoms with Crippen LogP contribution in [0, 0.1) is 0 Å². The number of hydrogen-bond donors (Lipinski definition) is 4. The first-order chi connectivity index (χ1) is 12.8. The van der Waals surface area contributed by atoms with Crippen LogP contribution in [-0.2, 0) is 25.5 Å². The Morgan fingerprint density at radius 2 is 1.74 bits per heavy atom. The fraction of sp³-hybridized carbons (Fsp3) is 0.556. The Hall–Kier alpha value is -2.04. The third kappa shape index (κ3) is 5.02. The Morgan fingerprint density at radius 1 is 1.11 bits per heavy atom. The summed E-state index contributed by atoms with van der Waals surface area (Å²) in [6.07, 6.45) is -9.41. The van der Waals surface area contributed by atoms with E-state index in [2.05, 4.69) is 0 Å². The van der Waals surface area contributed by atoms with Crippen LogP contribution in [0.5, 0.6) is 5.75 Å².